The van der Waals surface area contributed by atoms with E-state index in [-0.39, 0.29) is 0 Å². The number of hydrogen-bond acceptors (Lipinski definition) is 0. The van der Waals surface area contributed by atoms with E-state index in [1.165, 1.54) is 56.1 Å². The molecule has 0 amide bonds. The average molecular weight is 265 g/mol. The first kappa shape index (κ1) is 13.9. The van der Waals surface area contributed by atoms with E-state index in [4.69, 9.17) is 11.6 Å². The summed E-state index contributed by atoms with van der Waals surface area (Å²) in [6, 6.07) is 8.81. The molecule has 1 atom stereocenters. The molecular formula is C17H25Cl. The largest absolute Gasteiger partial charge is 0.123 e. The predicted molar refractivity (Wildman–Crippen MR) is 80.3 cm³/mol. The van der Waals surface area contributed by atoms with Gasteiger partial charge in [-0.1, -0.05) is 68.4 Å². The van der Waals surface area contributed by atoms with Gasteiger partial charge >= 0.3 is 0 Å². The van der Waals surface area contributed by atoms with Crippen LogP contribution in [-0.4, -0.2) is 5.38 Å². The number of alkyl halides is 1. The molecule has 0 spiro atoms. The molecular weight excluding hydrogens is 240 g/mol. The van der Waals surface area contributed by atoms with Crippen molar-refractivity contribution < 1.29 is 0 Å². The minimum absolute atomic E-state index is 0.316. The van der Waals surface area contributed by atoms with Crippen LogP contribution in [0, 0.1) is 12.8 Å². The molecule has 0 aliphatic heterocycles. The standard InChI is InChI=1S/C17H25Cl/c1-14-8-10-16(11-9-14)13-17(18)12-15-6-4-2-3-5-7-15/h8-11,15,17H,2-7,12-13H2,1H3. The lowest BCUT2D eigenvalue weighted by atomic mass is 9.92. The summed E-state index contributed by atoms with van der Waals surface area (Å²) in [5, 5.41) is 0.316. The third kappa shape index (κ3) is 4.65. The smallest absolute Gasteiger partial charge is 0.0379 e. The molecule has 1 aromatic carbocycles. The van der Waals surface area contributed by atoms with Gasteiger partial charge in [0.15, 0.2) is 0 Å². The molecule has 2 rings (SSSR count). The van der Waals surface area contributed by atoms with Crippen LogP contribution in [0.25, 0.3) is 0 Å². The van der Waals surface area contributed by atoms with E-state index in [1.807, 2.05) is 0 Å². The second-order valence-electron chi connectivity index (χ2n) is 5.88. The van der Waals surface area contributed by atoms with Crippen LogP contribution in [0.1, 0.15) is 56.1 Å². The Kier molecular flexibility index (Phi) is 5.56. The first-order chi connectivity index (χ1) is 8.74. The molecule has 1 saturated carbocycles. The Morgan fingerprint density at radius 2 is 1.67 bits per heavy atom. The first-order valence-corrected chi connectivity index (χ1v) is 7.87. The van der Waals surface area contributed by atoms with E-state index in [9.17, 15) is 0 Å². The SMILES string of the molecule is Cc1ccc(CC(Cl)CC2CCCCCC2)cc1. The maximum Gasteiger partial charge on any atom is 0.0379 e. The van der Waals surface area contributed by atoms with Crippen LogP contribution in [0.15, 0.2) is 24.3 Å². The van der Waals surface area contributed by atoms with E-state index >= 15 is 0 Å². The van der Waals surface area contributed by atoms with Gasteiger partial charge in [0, 0.05) is 5.38 Å². The number of rotatable bonds is 4. The van der Waals surface area contributed by atoms with Crippen LogP contribution in [-0.2, 0) is 6.42 Å². The number of hydrogen-bond donors (Lipinski definition) is 0. The zero-order valence-electron chi connectivity index (χ0n) is 11.5. The van der Waals surface area contributed by atoms with Crippen molar-refractivity contribution >= 4 is 11.6 Å². The van der Waals surface area contributed by atoms with Crippen LogP contribution in [0.5, 0.6) is 0 Å². The minimum atomic E-state index is 0.316. The lowest BCUT2D eigenvalue weighted by Crippen LogP contribution is -2.11. The highest BCUT2D eigenvalue weighted by atomic mass is 35.5. The summed E-state index contributed by atoms with van der Waals surface area (Å²) in [4.78, 5) is 0. The Morgan fingerprint density at radius 3 is 2.28 bits per heavy atom. The van der Waals surface area contributed by atoms with Crippen molar-refractivity contribution in [1.29, 1.82) is 0 Å². The molecule has 0 bridgehead atoms. The quantitative estimate of drug-likeness (QED) is 0.497. The molecule has 0 nitrogen and oxygen atoms in total. The zero-order valence-corrected chi connectivity index (χ0v) is 12.3. The van der Waals surface area contributed by atoms with Gasteiger partial charge in [0.05, 0.1) is 0 Å². The molecule has 0 N–H and O–H groups in total. The Hall–Kier alpha value is -0.490. The van der Waals surface area contributed by atoms with Crippen LogP contribution in [0.2, 0.25) is 0 Å². The molecule has 1 fully saturated rings. The van der Waals surface area contributed by atoms with Gasteiger partial charge < -0.3 is 0 Å². The number of benzene rings is 1. The number of aryl methyl sites for hydroxylation is 1. The van der Waals surface area contributed by atoms with Crippen molar-refractivity contribution in [3.8, 4) is 0 Å². The fourth-order valence-electron chi connectivity index (χ4n) is 3.02. The summed E-state index contributed by atoms with van der Waals surface area (Å²) < 4.78 is 0. The third-order valence-corrected chi connectivity index (χ3v) is 4.47. The van der Waals surface area contributed by atoms with Gasteiger partial charge in [-0.15, -0.1) is 11.6 Å². The number of halogens is 1. The molecule has 1 aliphatic carbocycles. The van der Waals surface area contributed by atoms with Crippen LogP contribution in [0.4, 0.5) is 0 Å². The van der Waals surface area contributed by atoms with E-state index in [2.05, 4.69) is 31.2 Å². The molecule has 0 heterocycles. The molecule has 0 aromatic heterocycles. The van der Waals surface area contributed by atoms with E-state index < -0.39 is 0 Å². The Balaban J connectivity index is 1.80. The summed E-state index contributed by atoms with van der Waals surface area (Å²) in [6.45, 7) is 2.13. The topological polar surface area (TPSA) is 0 Å². The highest BCUT2D eigenvalue weighted by molar-refractivity contribution is 6.20. The summed E-state index contributed by atoms with van der Waals surface area (Å²) in [7, 11) is 0. The fraction of sp³-hybridized carbons (Fsp3) is 0.647. The molecule has 1 aliphatic rings. The fourth-order valence-corrected chi connectivity index (χ4v) is 3.45. The van der Waals surface area contributed by atoms with Gasteiger partial charge in [-0.25, -0.2) is 0 Å². The summed E-state index contributed by atoms with van der Waals surface area (Å²) >= 11 is 6.54. The van der Waals surface area contributed by atoms with Crippen molar-refractivity contribution in [2.45, 2.75) is 63.7 Å². The average Bonchev–Trinajstić information content (AvgIpc) is 2.61. The zero-order chi connectivity index (χ0) is 12.8. The summed E-state index contributed by atoms with van der Waals surface area (Å²) in [5.41, 5.74) is 2.71. The van der Waals surface area contributed by atoms with Crippen molar-refractivity contribution in [1.82, 2.24) is 0 Å². The van der Waals surface area contributed by atoms with E-state index in [1.54, 1.807) is 0 Å². The van der Waals surface area contributed by atoms with Gasteiger partial charge in [0.25, 0.3) is 0 Å². The Labute approximate surface area is 117 Å². The molecule has 1 heteroatoms. The molecule has 0 radical (unpaired) electrons. The highest BCUT2D eigenvalue weighted by Crippen LogP contribution is 2.28. The van der Waals surface area contributed by atoms with Gasteiger partial charge in [-0.05, 0) is 31.2 Å². The normalized spacial score (nSPS) is 19.4. The first-order valence-electron chi connectivity index (χ1n) is 7.43. The van der Waals surface area contributed by atoms with E-state index in [0.717, 1.165) is 12.3 Å². The molecule has 1 aromatic rings. The highest BCUT2D eigenvalue weighted by Gasteiger charge is 2.16. The summed E-state index contributed by atoms with van der Waals surface area (Å²) in [6.07, 6.45) is 10.7. The van der Waals surface area contributed by atoms with E-state index in [0.29, 0.717) is 5.38 Å². The lowest BCUT2D eigenvalue weighted by molar-refractivity contribution is 0.419. The third-order valence-electron chi connectivity index (χ3n) is 4.14. The summed E-state index contributed by atoms with van der Waals surface area (Å²) in [5.74, 6) is 0.875. The molecule has 1 unspecified atom stereocenters. The molecule has 18 heavy (non-hydrogen) atoms. The van der Waals surface area contributed by atoms with Crippen molar-refractivity contribution in [2.24, 2.45) is 5.92 Å². The van der Waals surface area contributed by atoms with Crippen LogP contribution in [0.3, 0.4) is 0 Å². The maximum absolute atomic E-state index is 6.54. The van der Waals surface area contributed by atoms with Crippen LogP contribution >= 0.6 is 11.6 Å². The maximum atomic E-state index is 6.54. The van der Waals surface area contributed by atoms with Crippen molar-refractivity contribution in [2.75, 3.05) is 0 Å². The second-order valence-corrected chi connectivity index (χ2v) is 6.50. The van der Waals surface area contributed by atoms with Gasteiger partial charge in [0.2, 0.25) is 0 Å². The molecule has 0 saturated heterocycles. The minimum Gasteiger partial charge on any atom is -0.123 e. The van der Waals surface area contributed by atoms with Gasteiger partial charge in [-0.3, -0.25) is 0 Å². The lowest BCUT2D eigenvalue weighted by Gasteiger charge is -2.18. The van der Waals surface area contributed by atoms with Crippen LogP contribution < -0.4 is 0 Å². The predicted octanol–water partition coefficient (Wildman–Crippen LogP) is 5.51. The Bertz CT molecular complexity index is 333. The van der Waals surface area contributed by atoms with Gasteiger partial charge in [0.1, 0.15) is 0 Å². The monoisotopic (exact) mass is 264 g/mol. The van der Waals surface area contributed by atoms with Gasteiger partial charge in [-0.2, -0.15) is 0 Å². The van der Waals surface area contributed by atoms with Crippen molar-refractivity contribution in [3.05, 3.63) is 35.4 Å². The second kappa shape index (κ2) is 7.19. The van der Waals surface area contributed by atoms with Crippen molar-refractivity contribution in [3.63, 3.8) is 0 Å². The molecule has 100 valence electrons. The Morgan fingerprint density at radius 1 is 1.06 bits per heavy atom.